The first-order chi connectivity index (χ1) is 15.0. The summed E-state index contributed by atoms with van der Waals surface area (Å²) in [6, 6.07) is 8.88. The molecule has 1 amide bonds. The predicted molar refractivity (Wildman–Crippen MR) is 114 cm³/mol. The van der Waals surface area contributed by atoms with Gasteiger partial charge in [0.15, 0.2) is 11.6 Å². The number of carbonyl (C=O) groups is 1. The molecule has 32 heavy (non-hydrogen) atoms. The molecular formula is C21H22F2N4O4S. The van der Waals surface area contributed by atoms with Crippen molar-refractivity contribution in [3.05, 3.63) is 65.6 Å². The lowest BCUT2D eigenvalue weighted by molar-refractivity contribution is -0.131. The van der Waals surface area contributed by atoms with Crippen molar-refractivity contribution < 1.29 is 26.5 Å². The molecule has 11 heteroatoms. The van der Waals surface area contributed by atoms with Gasteiger partial charge in [-0.1, -0.05) is 28.9 Å². The molecular weight excluding hydrogens is 442 g/mol. The fourth-order valence-electron chi connectivity index (χ4n) is 3.24. The number of aryl methyl sites for hydroxylation is 1. The number of halogens is 2. The van der Waals surface area contributed by atoms with Gasteiger partial charge in [-0.05, 0) is 32.0 Å². The van der Waals surface area contributed by atoms with E-state index in [0.717, 1.165) is 39.9 Å². The minimum Gasteiger partial charge on any atom is -0.337 e. The van der Waals surface area contributed by atoms with Gasteiger partial charge >= 0.3 is 0 Å². The highest BCUT2D eigenvalue weighted by Crippen LogP contribution is 2.24. The molecule has 0 spiro atoms. The number of likely N-dealkylation sites (N-methyl/N-ethyl adjacent to an activating group) is 1. The van der Waals surface area contributed by atoms with Crippen LogP contribution in [0.4, 0.5) is 14.5 Å². The van der Waals surface area contributed by atoms with E-state index < -0.39 is 33.6 Å². The van der Waals surface area contributed by atoms with E-state index in [-0.39, 0.29) is 18.1 Å². The van der Waals surface area contributed by atoms with Gasteiger partial charge in [0.1, 0.15) is 6.04 Å². The van der Waals surface area contributed by atoms with Gasteiger partial charge in [0.25, 0.3) is 0 Å². The maximum Gasteiger partial charge on any atom is 0.246 e. The SMILES string of the molecule is Cc1cccc(-c2noc(CN(C)C(=O)[C@H](C)N(c3ccc(F)c(F)c3)S(C)(=O)=O)n2)c1. The van der Waals surface area contributed by atoms with Crippen LogP contribution in [0, 0.1) is 18.6 Å². The van der Waals surface area contributed by atoms with Gasteiger partial charge in [-0.15, -0.1) is 0 Å². The highest BCUT2D eigenvalue weighted by Gasteiger charge is 2.32. The molecule has 1 heterocycles. The summed E-state index contributed by atoms with van der Waals surface area (Å²) in [6.07, 6.45) is 0.879. The maximum atomic E-state index is 13.7. The van der Waals surface area contributed by atoms with Crippen molar-refractivity contribution in [1.82, 2.24) is 15.0 Å². The number of rotatable bonds is 7. The fraction of sp³-hybridized carbons (Fsp3) is 0.286. The second-order valence-corrected chi connectivity index (χ2v) is 9.27. The molecule has 3 aromatic rings. The second kappa shape index (κ2) is 9.03. The number of hydrogen-bond donors (Lipinski definition) is 0. The van der Waals surface area contributed by atoms with Gasteiger partial charge in [-0.25, -0.2) is 17.2 Å². The van der Waals surface area contributed by atoms with Gasteiger partial charge < -0.3 is 9.42 Å². The molecule has 0 N–H and O–H groups in total. The summed E-state index contributed by atoms with van der Waals surface area (Å²) in [4.78, 5) is 18.4. The normalized spacial score (nSPS) is 12.4. The van der Waals surface area contributed by atoms with Crippen molar-refractivity contribution in [3.8, 4) is 11.4 Å². The van der Waals surface area contributed by atoms with E-state index in [4.69, 9.17) is 4.52 Å². The summed E-state index contributed by atoms with van der Waals surface area (Å²) < 4.78 is 57.6. The molecule has 0 radical (unpaired) electrons. The standard InChI is InChI=1S/C21H22F2N4O4S/c1-13-6-5-7-15(10-13)20-24-19(31-25-20)12-26(3)21(28)14(2)27(32(4,29)30)16-8-9-17(22)18(23)11-16/h5-11,14H,12H2,1-4H3/t14-/m0/s1. The lowest BCUT2D eigenvalue weighted by atomic mass is 10.1. The van der Waals surface area contributed by atoms with E-state index in [1.165, 1.54) is 18.9 Å². The van der Waals surface area contributed by atoms with Crippen LogP contribution in [0.5, 0.6) is 0 Å². The minimum atomic E-state index is -3.99. The zero-order valence-electron chi connectivity index (χ0n) is 17.9. The Bertz CT molecular complexity index is 1250. The van der Waals surface area contributed by atoms with Crippen molar-refractivity contribution in [3.63, 3.8) is 0 Å². The molecule has 1 aromatic heterocycles. The third kappa shape index (κ3) is 5.10. The van der Waals surface area contributed by atoms with E-state index in [1.54, 1.807) is 0 Å². The number of benzene rings is 2. The first kappa shape index (κ1) is 23.3. The van der Waals surface area contributed by atoms with Gasteiger partial charge in [0, 0.05) is 18.7 Å². The average Bonchev–Trinajstić information content (AvgIpc) is 3.17. The molecule has 2 aromatic carbocycles. The summed E-state index contributed by atoms with van der Waals surface area (Å²) in [5, 5.41) is 3.92. The lowest BCUT2D eigenvalue weighted by Crippen LogP contribution is -2.48. The largest absolute Gasteiger partial charge is 0.337 e. The van der Waals surface area contributed by atoms with Crippen LogP contribution in [0.15, 0.2) is 47.0 Å². The van der Waals surface area contributed by atoms with E-state index in [9.17, 15) is 22.0 Å². The minimum absolute atomic E-state index is 0.0721. The second-order valence-electron chi connectivity index (χ2n) is 7.41. The number of anilines is 1. The summed E-state index contributed by atoms with van der Waals surface area (Å²) in [6.45, 7) is 3.21. The van der Waals surface area contributed by atoms with Crippen molar-refractivity contribution in [1.29, 1.82) is 0 Å². The average molecular weight is 464 g/mol. The molecule has 0 fully saturated rings. The van der Waals surface area contributed by atoms with Gasteiger partial charge in [-0.2, -0.15) is 4.98 Å². The van der Waals surface area contributed by atoms with Crippen LogP contribution < -0.4 is 4.31 Å². The molecule has 3 rings (SSSR count). The van der Waals surface area contributed by atoms with Crippen molar-refractivity contribution in [2.75, 3.05) is 17.6 Å². The topological polar surface area (TPSA) is 96.6 Å². The quantitative estimate of drug-likeness (QED) is 0.533. The molecule has 0 saturated carbocycles. The lowest BCUT2D eigenvalue weighted by Gasteiger charge is -2.30. The Kier molecular flexibility index (Phi) is 6.58. The molecule has 0 unspecified atom stereocenters. The third-order valence-electron chi connectivity index (χ3n) is 4.72. The first-order valence-corrected chi connectivity index (χ1v) is 11.4. The van der Waals surface area contributed by atoms with Crippen LogP contribution in [0.3, 0.4) is 0 Å². The van der Waals surface area contributed by atoms with E-state index >= 15 is 0 Å². The van der Waals surface area contributed by atoms with Crippen LogP contribution in [0.1, 0.15) is 18.4 Å². The van der Waals surface area contributed by atoms with Crippen molar-refractivity contribution in [2.45, 2.75) is 26.4 Å². The number of sulfonamides is 1. The third-order valence-corrected chi connectivity index (χ3v) is 5.96. The Labute approximate surface area is 184 Å². The Balaban J connectivity index is 1.80. The molecule has 0 saturated heterocycles. The molecule has 0 bridgehead atoms. The summed E-state index contributed by atoms with van der Waals surface area (Å²) in [5.41, 5.74) is 1.61. The molecule has 0 aliphatic carbocycles. The number of hydrogen-bond acceptors (Lipinski definition) is 6. The Morgan fingerprint density at radius 3 is 2.50 bits per heavy atom. The molecule has 170 valence electrons. The van der Waals surface area contributed by atoms with Crippen LogP contribution in [0.2, 0.25) is 0 Å². The Morgan fingerprint density at radius 2 is 1.88 bits per heavy atom. The number of nitrogens with zero attached hydrogens (tertiary/aromatic N) is 4. The van der Waals surface area contributed by atoms with Gasteiger partial charge in [0.05, 0.1) is 18.5 Å². The van der Waals surface area contributed by atoms with E-state index in [0.29, 0.717) is 5.82 Å². The predicted octanol–water partition coefficient (Wildman–Crippen LogP) is 3.14. The Morgan fingerprint density at radius 1 is 1.16 bits per heavy atom. The van der Waals surface area contributed by atoms with Crippen LogP contribution in [-0.2, 0) is 21.4 Å². The molecule has 1 atom stereocenters. The van der Waals surface area contributed by atoms with E-state index in [1.807, 2.05) is 31.2 Å². The van der Waals surface area contributed by atoms with Crippen molar-refractivity contribution in [2.24, 2.45) is 0 Å². The zero-order valence-corrected chi connectivity index (χ0v) is 18.7. The van der Waals surface area contributed by atoms with Crippen LogP contribution in [0.25, 0.3) is 11.4 Å². The van der Waals surface area contributed by atoms with Gasteiger partial charge in [-0.3, -0.25) is 9.10 Å². The van der Waals surface area contributed by atoms with Crippen LogP contribution >= 0.6 is 0 Å². The Hall–Kier alpha value is -3.34. The van der Waals surface area contributed by atoms with Crippen molar-refractivity contribution >= 4 is 21.6 Å². The molecule has 0 aliphatic heterocycles. The zero-order chi connectivity index (χ0) is 23.6. The van der Waals surface area contributed by atoms with E-state index in [2.05, 4.69) is 10.1 Å². The summed E-state index contributed by atoms with van der Waals surface area (Å²) in [5.74, 6) is -2.44. The maximum absolute atomic E-state index is 13.7. The monoisotopic (exact) mass is 464 g/mol. The smallest absolute Gasteiger partial charge is 0.246 e. The number of aromatic nitrogens is 2. The first-order valence-electron chi connectivity index (χ1n) is 9.56. The number of amides is 1. The molecule has 8 nitrogen and oxygen atoms in total. The fourth-order valence-corrected chi connectivity index (χ4v) is 4.41. The summed E-state index contributed by atoms with van der Waals surface area (Å²) >= 11 is 0. The van der Waals surface area contributed by atoms with Crippen LogP contribution in [-0.4, -0.2) is 48.7 Å². The highest BCUT2D eigenvalue weighted by molar-refractivity contribution is 7.92. The highest BCUT2D eigenvalue weighted by atomic mass is 32.2. The summed E-state index contributed by atoms with van der Waals surface area (Å²) in [7, 11) is -2.54. The van der Waals surface area contributed by atoms with Gasteiger partial charge in [0.2, 0.25) is 27.6 Å². The molecule has 0 aliphatic rings. The number of carbonyl (C=O) groups excluding carboxylic acids is 1.